The molecule has 0 aliphatic heterocycles. The lowest BCUT2D eigenvalue weighted by atomic mass is 10.1. The lowest BCUT2D eigenvalue weighted by molar-refractivity contribution is -0.119. The van der Waals surface area contributed by atoms with Crippen LogP contribution in [0.2, 0.25) is 0 Å². The van der Waals surface area contributed by atoms with Crippen molar-refractivity contribution in [2.45, 2.75) is 38.1 Å². The lowest BCUT2D eigenvalue weighted by Crippen LogP contribution is -2.41. The molecular weight excluding hydrogens is 238 g/mol. The van der Waals surface area contributed by atoms with Gasteiger partial charge in [-0.1, -0.05) is 31.0 Å². The summed E-state index contributed by atoms with van der Waals surface area (Å²) in [6, 6.07) is 8.42. The molecular formula is C15H23N3O. The molecule has 1 fully saturated rings. The molecule has 1 aliphatic carbocycles. The fourth-order valence-electron chi connectivity index (χ4n) is 2.89. The molecule has 1 aromatic carbocycles. The Morgan fingerprint density at radius 3 is 2.58 bits per heavy atom. The molecule has 4 heteroatoms. The van der Waals surface area contributed by atoms with Gasteiger partial charge in [-0.05, 0) is 30.9 Å². The number of primary amides is 1. The van der Waals surface area contributed by atoms with Gasteiger partial charge in [-0.25, -0.2) is 0 Å². The summed E-state index contributed by atoms with van der Waals surface area (Å²) in [5, 5.41) is 0. The van der Waals surface area contributed by atoms with E-state index < -0.39 is 0 Å². The molecule has 0 spiro atoms. The molecule has 0 unspecified atom stereocenters. The van der Waals surface area contributed by atoms with Crippen molar-refractivity contribution in [3.63, 3.8) is 0 Å². The molecule has 1 saturated carbocycles. The van der Waals surface area contributed by atoms with Crippen molar-refractivity contribution in [1.82, 2.24) is 4.90 Å². The highest BCUT2D eigenvalue weighted by Crippen LogP contribution is 2.24. The molecule has 1 aromatic rings. The van der Waals surface area contributed by atoms with Crippen LogP contribution in [0.3, 0.4) is 0 Å². The molecule has 4 N–H and O–H groups in total. The van der Waals surface area contributed by atoms with Gasteiger partial charge in [0.25, 0.3) is 0 Å². The van der Waals surface area contributed by atoms with Crippen molar-refractivity contribution in [3.05, 3.63) is 29.8 Å². The summed E-state index contributed by atoms with van der Waals surface area (Å²) in [6.07, 6.45) is 5.74. The Morgan fingerprint density at radius 1 is 1.26 bits per heavy atom. The number of rotatable bonds is 6. The maximum Gasteiger partial charge on any atom is 0.231 e. The standard InChI is InChI=1S/C15H23N3O/c16-14-8-4-1-5-12(14)9-10-18(11-15(17)19)13-6-2-3-7-13/h1,4-5,8,13H,2-3,6-7,9-11,16H2,(H2,17,19). The summed E-state index contributed by atoms with van der Waals surface area (Å²) < 4.78 is 0. The van der Waals surface area contributed by atoms with Crippen molar-refractivity contribution < 1.29 is 4.79 Å². The predicted octanol–water partition coefficient (Wildman–Crippen LogP) is 1.54. The van der Waals surface area contributed by atoms with E-state index in [9.17, 15) is 4.79 Å². The second-order valence-corrected chi connectivity index (χ2v) is 5.32. The van der Waals surface area contributed by atoms with Gasteiger partial charge >= 0.3 is 0 Å². The summed E-state index contributed by atoms with van der Waals surface area (Å²) in [5.41, 5.74) is 13.3. The van der Waals surface area contributed by atoms with Gasteiger partial charge in [-0.15, -0.1) is 0 Å². The number of nitrogens with zero attached hydrogens (tertiary/aromatic N) is 1. The van der Waals surface area contributed by atoms with E-state index in [0.717, 1.165) is 24.2 Å². The van der Waals surface area contributed by atoms with Gasteiger partial charge in [0.15, 0.2) is 0 Å². The topological polar surface area (TPSA) is 72.4 Å². The zero-order chi connectivity index (χ0) is 13.7. The average Bonchev–Trinajstić information content (AvgIpc) is 2.89. The van der Waals surface area contributed by atoms with Crippen LogP contribution in [-0.4, -0.2) is 29.9 Å². The SMILES string of the molecule is NC(=O)CN(CCc1ccccc1N)C1CCCC1. The third kappa shape index (κ3) is 3.96. The number of carbonyl (C=O) groups is 1. The average molecular weight is 261 g/mol. The first kappa shape index (κ1) is 13.9. The van der Waals surface area contributed by atoms with Crippen molar-refractivity contribution in [2.24, 2.45) is 5.73 Å². The van der Waals surface area contributed by atoms with E-state index in [-0.39, 0.29) is 5.91 Å². The fraction of sp³-hybridized carbons (Fsp3) is 0.533. The van der Waals surface area contributed by atoms with Crippen molar-refractivity contribution in [2.75, 3.05) is 18.8 Å². The van der Waals surface area contributed by atoms with E-state index in [0.29, 0.717) is 12.6 Å². The maximum atomic E-state index is 11.2. The van der Waals surface area contributed by atoms with Gasteiger partial charge in [-0.3, -0.25) is 9.69 Å². The molecule has 104 valence electrons. The molecule has 2 rings (SSSR count). The smallest absolute Gasteiger partial charge is 0.231 e. The Kier molecular flexibility index (Phi) is 4.80. The zero-order valence-corrected chi connectivity index (χ0v) is 11.3. The summed E-state index contributed by atoms with van der Waals surface area (Å²) in [5.74, 6) is -0.243. The first-order valence-electron chi connectivity index (χ1n) is 7.02. The highest BCUT2D eigenvalue weighted by Gasteiger charge is 2.23. The van der Waals surface area contributed by atoms with Gasteiger partial charge < -0.3 is 11.5 Å². The van der Waals surface area contributed by atoms with Crippen molar-refractivity contribution >= 4 is 11.6 Å². The Balaban J connectivity index is 1.96. The van der Waals surface area contributed by atoms with Crippen LogP contribution in [0.4, 0.5) is 5.69 Å². The lowest BCUT2D eigenvalue weighted by Gasteiger charge is -2.27. The van der Waals surface area contributed by atoms with E-state index in [2.05, 4.69) is 4.90 Å². The van der Waals surface area contributed by atoms with E-state index in [1.807, 2.05) is 24.3 Å². The summed E-state index contributed by atoms with van der Waals surface area (Å²) in [4.78, 5) is 13.4. The van der Waals surface area contributed by atoms with Crippen LogP contribution < -0.4 is 11.5 Å². The number of hydrogen-bond acceptors (Lipinski definition) is 3. The highest BCUT2D eigenvalue weighted by molar-refractivity contribution is 5.76. The van der Waals surface area contributed by atoms with Crippen LogP contribution in [0, 0.1) is 0 Å². The number of hydrogen-bond donors (Lipinski definition) is 2. The van der Waals surface area contributed by atoms with E-state index in [1.165, 1.54) is 25.7 Å². The van der Waals surface area contributed by atoms with Gasteiger partial charge in [0.05, 0.1) is 6.54 Å². The molecule has 0 heterocycles. The van der Waals surface area contributed by atoms with Crippen LogP contribution in [-0.2, 0) is 11.2 Å². The molecule has 19 heavy (non-hydrogen) atoms. The molecule has 0 radical (unpaired) electrons. The molecule has 0 saturated heterocycles. The molecule has 0 atom stereocenters. The van der Waals surface area contributed by atoms with Crippen LogP contribution in [0.15, 0.2) is 24.3 Å². The Hall–Kier alpha value is -1.55. The van der Waals surface area contributed by atoms with Crippen LogP contribution in [0.5, 0.6) is 0 Å². The first-order chi connectivity index (χ1) is 9.16. The maximum absolute atomic E-state index is 11.2. The molecule has 1 amide bonds. The minimum absolute atomic E-state index is 0.243. The number of carbonyl (C=O) groups excluding carboxylic acids is 1. The fourth-order valence-corrected chi connectivity index (χ4v) is 2.89. The van der Waals surface area contributed by atoms with Gasteiger partial charge in [-0.2, -0.15) is 0 Å². The molecule has 1 aliphatic rings. The van der Waals surface area contributed by atoms with Crippen LogP contribution >= 0.6 is 0 Å². The van der Waals surface area contributed by atoms with Crippen LogP contribution in [0.25, 0.3) is 0 Å². The summed E-state index contributed by atoms with van der Waals surface area (Å²) in [6.45, 7) is 1.21. The number of para-hydroxylation sites is 1. The minimum Gasteiger partial charge on any atom is -0.399 e. The largest absolute Gasteiger partial charge is 0.399 e. The quantitative estimate of drug-likeness (QED) is 0.763. The predicted molar refractivity (Wildman–Crippen MR) is 77.6 cm³/mol. The van der Waals surface area contributed by atoms with Crippen molar-refractivity contribution in [1.29, 1.82) is 0 Å². The normalized spacial score (nSPS) is 16.1. The Bertz CT molecular complexity index is 427. The second kappa shape index (κ2) is 6.57. The van der Waals surface area contributed by atoms with Gasteiger partial charge in [0.1, 0.15) is 0 Å². The third-order valence-electron chi connectivity index (χ3n) is 3.92. The molecule has 0 bridgehead atoms. The Morgan fingerprint density at radius 2 is 1.95 bits per heavy atom. The zero-order valence-electron chi connectivity index (χ0n) is 11.3. The number of anilines is 1. The number of benzene rings is 1. The monoisotopic (exact) mass is 261 g/mol. The van der Waals surface area contributed by atoms with Crippen LogP contribution in [0.1, 0.15) is 31.2 Å². The minimum atomic E-state index is -0.243. The number of amides is 1. The highest BCUT2D eigenvalue weighted by atomic mass is 16.1. The Labute approximate surface area is 114 Å². The number of nitrogens with two attached hydrogens (primary N) is 2. The summed E-state index contributed by atoms with van der Waals surface area (Å²) >= 11 is 0. The third-order valence-corrected chi connectivity index (χ3v) is 3.92. The molecule has 0 aromatic heterocycles. The second-order valence-electron chi connectivity index (χ2n) is 5.32. The van der Waals surface area contributed by atoms with Crippen molar-refractivity contribution in [3.8, 4) is 0 Å². The van der Waals surface area contributed by atoms with Gasteiger partial charge in [0.2, 0.25) is 5.91 Å². The summed E-state index contributed by atoms with van der Waals surface area (Å²) in [7, 11) is 0. The number of nitrogen functional groups attached to an aromatic ring is 1. The molecule has 4 nitrogen and oxygen atoms in total. The van der Waals surface area contributed by atoms with E-state index in [4.69, 9.17) is 11.5 Å². The van der Waals surface area contributed by atoms with E-state index in [1.54, 1.807) is 0 Å². The first-order valence-corrected chi connectivity index (χ1v) is 7.02. The van der Waals surface area contributed by atoms with Gasteiger partial charge in [0, 0.05) is 18.3 Å². The van der Waals surface area contributed by atoms with E-state index >= 15 is 0 Å².